The lowest BCUT2D eigenvalue weighted by Crippen LogP contribution is -2.36. The Labute approximate surface area is 94.1 Å². The highest BCUT2D eigenvalue weighted by Crippen LogP contribution is 2.33. The second kappa shape index (κ2) is 8.49. The van der Waals surface area contributed by atoms with Crippen molar-refractivity contribution in [3.8, 4) is 12.3 Å². The lowest BCUT2D eigenvalue weighted by molar-refractivity contribution is -0.127. The van der Waals surface area contributed by atoms with Gasteiger partial charge in [-0.1, -0.05) is 27.7 Å². The topological polar surface area (TPSA) is 37.3 Å². The molecule has 1 aliphatic carbocycles. The largest absolute Gasteiger partial charge is 0.393 e. The standard InChI is InChI=1S/C8H14O2.C3H4.C2H6/c1-8(2)5-6(9)3-4-7(8)10;1-3-2;1-2/h7,10H,3-5H2,1-2H3;1H,2H3;1-2H3. The van der Waals surface area contributed by atoms with E-state index in [0.717, 1.165) is 0 Å². The third kappa shape index (κ3) is 7.16. The molecule has 2 nitrogen and oxygen atoms in total. The summed E-state index contributed by atoms with van der Waals surface area (Å²) >= 11 is 0. The van der Waals surface area contributed by atoms with Crippen LogP contribution in [0.1, 0.15) is 53.9 Å². The molecule has 0 aromatic carbocycles. The Morgan fingerprint density at radius 2 is 1.87 bits per heavy atom. The molecule has 0 saturated heterocycles. The smallest absolute Gasteiger partial charge is 0.133 e. The van der Waals surface area contributed by atoms with E-state index in [-0.39, 0.29) is 17.3 Å². The lowest BCUT2D eigenvalue weighted by Gasteiger charge is -2.33. The normalized spacial score (nSPS) is 22.5. The number of rotatable bonds is 0. The first kappa shape index (κ1) is 16.6. The second-order valence-corrected chi connectivity index (χ2v) is 4.05. The van der Waals surface area contributed by atoms with Crippen molar-refractivity contribution in [2.24, 2.45) is 5.41 Å². The molecule has 1 saturated carbocycles. The Balaban J connectivity index is 0. The minimum Gasteiger partial charge on any atom is -0.393 e. The van der Waals surface area contributed by atoms with Crippen LogP contribution in [-0.4, -0.2) is 17.0 Å². The Bertz CT molecular complexity index is 211. The summed E-state index contributed by atoms with van der Waals surface area (Å²) in [7, 11) is 0. The van der Waals surface area contributed by atoms with E-state index >= 15 is 0 Å². The molecule has 88 valence electrons. The summed E-state index contributed by atoms with van der Waals surface area (Å²) < 4.78 is 0. The summed E-state index contributed by atoms with van der Waals surface area (Å²) in [4.78, 5) is 10.9. The molecule has 1 unspecified atom stereocenters. The van der Waals surface area contributed by atoms with E-state index in [1.54, 1.807) is 6.92 Å². The molecule has 0 bridgehead atoms. The Kier molecular flexibility index (Phi) is 9.41. The molecule has 15 heavy (non-hydrogen) atoms. The van der Waals surface area contributed by atoms with Crippen molar-refractivity contribution in [2.75, 3.05) is 0 Å². The van der Waals surface area contributed by atoms with Gasteiger partial charge < -0.3 is 5.11 Å². The van der Waals surface area contributed by atoms with Crippen LogP contribution in [0.2, 0.25) is 0 Å². The SMILES string of the molecule is C#CC.CC.CC1(C)CC(=O)CCC1O. The van der Waals surface area contributed by atoms with E-state index in [1.165, 1.54) is 0 Å². The molecule has 0 aromatic rings. The average molecular weight is 212 g/mol. The highest BCUT2D eigenvalue weighted by Gasteiger charge is 2.34. The van der Waals surface area contributed by atoms with Crippen LogP contribution < -0.4 is 0 Å². The highest BCUT2D eigenvalue weighted by atomic mass is 16.3. The van der Waals surface area contributed by atoms with Gasteiger partial charge in [-0.3, -0.25) is 4.79 Å². The minimum absolute atomic E-state index is 0.185. The van der Waals surface area contributed by atoms with Gasteiger partial charge in [-0.2, -0.15) is 0 Å². The Morgan fingerprint density at radius 3 is 2.13 bits per heavy atom. The molecule has 0 radical (unpaired) electrons. The molecular weight excluding hydrogens is 188 g/mol. The van der Waals surface area contributed by atoms with Crippen molar-refractivity contribution >= 4 is 5.78 Å². The molecule has 0 aliphatic heterocycles. The first-order chi connectivity index (χ1) is 6.94. The average Bonchev–Trinajstić information content (AvgIpc) is 2.16. The van der Waals surface area contributed by atoms with Gasteiger partial charge in [0.25, 0.3) is 0 Å². The van der Waals surface area contributed by atoms with Crippen LogP contribution >= 0.6 is 0 Å². The van der Waals surface area contributed by atoms with Gasteiger partial charge in [0.1, 0.15) is 5.78 Å². The van der Waals surface area contributed by atoms with Crippen LogP contribution in [0.15, 0.2) is 0 Å². The first-order valence-corrected chi connectivity index (χ1v) is 5.51. The molecule has 0 amide bonds. The number of ketones is 1. The van der Waals surface area contributed by atoms with Crippen molar-refractivity contribution in [1.29, 1.82) is 0 Å². The van der Waals surface area contributed by atoms with Gasteiger partial charge in [0.2, 0.25) is 0 Å². The van der Waals surface area contributed by atoms with Crippen LogP contribution in [-0.2, 0) is 4.79 Å². The Hall–Kier alpha value is -0.810. The van der Waals surface area contributed by atoms with E-state index < -0.39 is 0 Å². The van der Waals surface area contributed by atoms with Crippen molar-refractivity contribution in [3.05, 3.63) is 0 Å². The van der Waals surface area contributed by atoms with Crippen LogP contribution in [0.4, 0.5) is 0 Å². The Morgan fingerprint density at radius 1 is 1.47 bits per heavy atom. The summed E-state index contributed by atoms with van der Waals surface area (Å²) in [6.45, 7) is 9.53. The van der Waals surface area contributed by atoms with Gasteiger partial charge in [0.15, 0.2) is 0 Å². The van der Waals surface area contributed by atoms with Gasteiger partial charge in [-0.05, 0) is 18.8 Å². The number of hydrogen-bond acceptors (Lipinski definition) is 2. The molecule has 1 N–H and O–H groups in total. The van der Waals surface area contributed by atoms with Crippen molar-refractivity contribution in [1.82, 2.24) is 0 Å². The zero-order chi connectivity index (χ0) is 12.5. The molecule has 1 atom stereocenters. The van der Waals surface area contributed by atoms with Crippen molar-refractivity contribution < 1.29 is 9.90 Å². The quantitative estimate of drug-likeness (QED) is 0.627. The summed E-state index contributed by atoms with van der Waals surface area (Å²) in [5, 5.41) is 9.40. The number of carbonyl (C=O) groups excluding carboxylic acids is 1. The van der Waals surface area contributed by atoms with Gasteiger partial charge in [-0.25, -0.2) is 0 Å². The van der Waals surface area contributed by atoms with E-state index in [2.05, 4.69) is 12.3 Å². The molecule has 0 spiro atoms. The number of Topliss-reactive ketones (excluding diaryl/α,β-unsaturated/α-hetero) is 1. The zero-order valence-corrected chi connectivity index (χ0v) is 10.6. The van der Waals surface area contributed by atoms with Crippen LogP contribution in [0.3, 0.4) is 0 Å². The number of aliphatic hydroxyl groups is 1. The fraction of sp³-hybridized carbons (Fsp3) is 0.769. The minimum atomic E-state index is -0.287. The number of terminal acetylenes is 1. The molecule has 1 aliphatic rings. The van der Waals surface area contributed by atoms with Crippen molar-refractivity contribution in [2.45, 2.75) is 60.0 Å². The number of carbonyl (C=O) groups is 1. The van der Waals surface area contributed by atoms with E-state index in [0.29, 0.717) is 19.3 Å². The molecule has 1 rings (SSSR count). The van der Waals surface area contributed by atoms with Crippen molar-refractivity contribution in [3.63, 3.8) is 0 Å². The van der Waals surface area contributed by atoms with Crippen LogP contribution in [0.25, 0.3) is 0 Å². The van der Waals surface area contributed by atoms with Crippen LogP contribution in [0, 0.1) is 17.8 Å². The van der Waals surface area contributed by atoms with E-state index in [1.807, 2.05) is 27.7 Å². The maximum atomic E-state index is 10.9. The summed E-state index contributed by atoms with van der Waals surface area (Å²) in [6, 6.07) is 0. The predicted octanol–water partition coefficient (Wildman–Crippen LogP) is 2.79. The maximum absolute atomic E-state index is 10.9. The molecule has 1 fully saturated rings. The predicted molar refractivity (Wildman–Crippen MR) is 64.5 cm³/mol. The van der Waals surface area contributed by atoms with Gasteiger partial charge >= 0.3 is 0 Å². The van der Waals surface area contributed by atoms with Gasteiger partial charge in [0, 0.05) is 12.8 Å². The summed E-state index contributed by atoms with van der Waals surface area (Å²) in [5.74, 6) is 2.54. The van der Waals surface area contributed by atoms with Gasteiger partial charge in [0.05, 0.1) is 6.10 Å². The third-order valence-electron chi connectivity index (χ3n) is 2.25. The molecule has 2 heteroatoms. The number of aliphatic hydroxyl groups excluding tert-OH is 1. The van der Waals surface area contributed by atoms with Gasteiger partial charge in [-0.15, -0.1) is 12.3 Å². The second-order valence-electron chi connectivity index (χ2n) is 4.05. The van der Waals surface area contributed by atoms with Crippen LogP contribution in [0.5, 0.6) is 0 Å². The van der Waals surface area contributed by atoms with E-state index in [4.69, 9.17) is 0 Å². The fourth-order valence-electron chi connectivity index (χ4n) is 1.40. The molecule has 0 heterocycles. The summed E-state index contributed by atoms with van der Waals surface area (Å²) in [6.07, 6.45) is 6.05. The number of hydrogen-bond donors (Lipinski definition) is 1. The lowest BCUT2D eigenvalue weighted by atomic mass is 9.74. The zero-order valence-electron chi connectivity index (χ0n) is 10.6. The summed E-state index contributed by atoms with van der Waals surface area (Å²) in [5.41, 5.74) is -0.185. The van der Waals surface area contributed by atoms with E-state index in [9.17, 15) is 9.90 Å². The first-order valence-electron chi connectivity index (χ1n) is 5.51. The molecule has 0 aromatic heterocycles. The maximum Gasteiger partial charge on any atom is 0.133 e. The monoisotopic (exact) mass is 212 g/mol. The third-order valence-corrected chi connectivity index (χ3v) is 2.25. The highest BCUT2D eigenvalue weighted by molar-refractivity contribution is 5.80. The fourth-order valence-corrected chi connectivity index (χ4v) is 1.40. The molecular formula is C13H24O2.